The van der Waals surface area contributed by atoms with Gasteiger partial charge in [-0.15, -0.1) is 0 Å². The minimum Gasteiger partial charge on any atom is -0.354 e. The maximum Gasteiger partial charge on any atom is 0.252 e. The van der Waals surface area contributed by atoms with E-state index in [0.29, 0.717) is 31.0 Å². The third-order valence-corrected chi connectivity index (χ3v) is 4.57. The zero-order chi connectivity index (χ0) is 19.9. The van der Waals surface area contributed by atoms with Gasteiger partial charge in [-0.1, -0.05) is 30.3 Å². The molecule has 0 bridgehead atoms. The number of likely N-dealkylation sites (N-methyl/N-ethyl adjacent to an activating group) is 1. The second-order valence-corrected chi connectivity index (χ2v) is 7.01. The molecule has 3 rings (SSSR count). The lowest BCUT2D eigenvalue weighted by molar-refractivity contribution is 0.303. The molecular formula is C21H25N5O2. The monoisotopic (exact) mass is 379 g/mol. The van der Waals surface area contributed by atoms with E-state index in [1.165, 1.54) is 6.07 Å². The van der Waals surface area contributed by atoms with Crippen LogP contribution in [0.25, 0.3) is 0 Å². The van der Waals surface area contributed by atoms with Crippen LogP contribution in [0.5, 0.6) is 0 Å². The smallest absolute Gasteiger partial charge is 0.252 e. The molecule has 0 saturated heterocycles. The summed E-state index contributed by atoms with van der Waals surface area (Å²) in [7, 11) is 3.98. The Bertz CT molecular complexity index is 1010. The summed E-state index contributed by atoms with van der Waals surface area (Å²) < 4.78 is 0. The first-order chi connectivity index (χ1) is 13.5. The fourth-order valence-electron chi connectivity index (χ4n) is 3.03. The van der Waals surface area contributed by atoms with Crippen LogP contribution in [-0.2, 0) is 12.8 Å². The molecule has 2 aromatic heterocycles. The van der Waals surface area contributed by atoms with Crippen LogP contribution in [0.3, 0.4) is 0 Å². The normalized spacial score (nSPS) is 12.1. The fraction of sp³-hybridized carbons (Fsp3) is 0.286. The topological polar surface area (TPSA) is 93.9 Å². The van der Waals surface area contributed by atoms with Gasteiger partial charge in [-0.3, -0.25) is 14.6 Å². The number of nitrogens with zero attached hydrogens (tertiary/aromatic N) is 2. The highest BCUT2D eigenvalue weighted by Crippen LogP contribution is 2.09. The Balaban J connectivity index is 1.69. The van der Waals surface area contributed by atoms with Crippen LogP contribution in [0.2, 0.25) is 0 Å². The van der Waals surface area contributed by atoms with Crippen molar-refractivity contribution in [3.8, 4) is 0 Å². The first-order valence-electron chi connectivity index (χ1n) is 9.21. The number of benzene rings is 1. The number of aromatic amines is 2. The Morgan fingerprint density at radius 2 is 1.82 bits per heavy atom. The molecule has 0 saturated carbocycles. The number of pyridine rings is 1. The molecule has 146 valence electrons. The summed E-state index contributed by atoms with van der Waals surface area (Å²) in [4.78, 5) is 35.5. The van der Waals surface area contributed by atoms with Crippen molar-refractivity contribution in [2.24, 2.45) is 0 Å². The molecule has 2 heterocycles. The molecule has 0 aliphatic heterocycles. The van der Waals surface area contributed by atoms with Gasteiger partial charge in [0, 0.05) is 37.3 Å². The SMILES string of the molecule is CN(C)[C@H](CNc1nc(Cc2ccccc2)cc(=O)[nH]1)Cc1cc[nH]c(=O)c1. The van der Waals surface area contributed by atoms with E-state index < -0.39 is 0 Å². The van der Waals surface area contributed by atoms with Crippen molar-refractivity contribution in [3.05, 3.63) is 92.3 Å². The van der Waals surface area contributed by atoms with Gasteiger partial charge in [-0.2, -0.15) is 0 Å². The van der Waals surface area contributed by atoms with Gasteiger partial charge in [0.05, 0.1) is 5.69 Å². The van der Waals surface area contributed by atoms with Gasteiger partial charge in [0.2, 0.25) is 11.5 Å². The summed E-state index contributed by atoms with van der Waals surface area (Å²) in [5, 5.41) is 3.23. The minimum atomic E-state index is -0.181. The van der Waals surface area contributed by atoms with Crippen LogP contribution in [0.4, 0.5) is 5.95 Å². The number of hydrogen-bond donors (Lipinski definition) is 3. The van der Waals surface area contributed by atoms with Crippen molar-refractivity contribution in [3.63, 3.8) is 0 Å². The van der Waals surface area contributed by atoms with Crippen LogP contribution in [0, 0.1) is 0 Å². The van der Waals surface area contributed by atoms with E-state index in [1.54, 1.807) is 12.3 Å². The average molecular weight is 379 g/mol. The van der Waals surface area contributed by atoms with Gasteiger partial charge < -0.3 is 15.2 Å². The third-order valence-electron chi connectivity index (χ3n) is 4.57. The summed E-state index contributed by atoms with van der Waals surface area (Å²) in [6, 6.07) is 15.1. The molecule has 0 unspecified atom stereocenters. The predicted octanol–water partition coefficient (Wildman–Crippen LogP) is 1.63. The zero-order valence-corrected chi connectivity index (χ0v) is 16.1. The summed E-state index contributed by atoms with van der Waals surface area (Å²) >= 11 is 0. The van der Waals surface area contributed by atoms with Gasteiger partial charge >= 0.3 is 0 Å². The van der Waals surface area contributed by atoms with Crippen molar-refractivity contribution >= 4 is 5.95 Å². The first-order valence-corrected chi connectivity index (χ1v) is 9.21. The molecule has 0 aliphatic carbocycles. The van der Waals surface area contributed by atoms with E-state index in [1.807, 2.05) is 50.5 Å². The van der Waals surface area contributed by atoms with E-state index in [4.69, 9.17) is 0 Å². The average Bonchev–Trinajstić information content (AvgIpc) is 2.65. The molecule has 1 atom stereocenters. The van der Waals surface area contributed by atoms with Crippen LogP contribution in [-0.4, -0.2) is 46.5 Å². The quantitative estimate of drug-likeness (QED) is 0.553. The maximum absolute atomic E-state index is 12.0. The van der Waals surface area contributed by atoms with Crippen LogP contribution >= 0.6 is 0 Å². The van der Waals surface area contributed by atoms with Crippen LogP contribution in [0.15, 0.2) is 64.3 Å². The number of rotatable bonds is 8. The molecule has 0 spiro atoms. The fourth-order valence-corrected chi connectivity index (χ4v) is 3.03. The highest BCUT2D eigenvalue weighted by Gasteiger charge is 2.13. The summed E-state index contributed by atoms with van der Waals surface area (Å²) in [5.41, 5.74) is 2.49. The number of aromatic nitrogens is 3. The Morgan fingerprint density at radius 1 is 1.04 bits per heavy atom. The lowest BCUT2D eigenvalue weighted by Gasteiger charge is -2.24. The Hall–Kier alpha value is -3.19. The summed E-state index contributed by atoms with van der Waals surface area (Å²) in [6.07, 6.45) is 2.96. The molecule has 7 nitrogen and oxygen atoms in total. The largest absolute Gasteiger partial charge is 0.354 e. The number of hydrogen-bond acceptors (Lipinski definition) is 5. The van der Waals surface area contributed by atoms with Crippen molar-refractivity contribution < 1.29 is 0 Å². The number of H-pyrrole nitrogens is 2. The highest BCUT2D eigenvalue weighted by molar-refractivity contribution is 5.29. The van der Waals surface area contributed by atoms with Crippen LogP contribution < -0.4 is 16.4 Å². The van der Waals surface area contributed by atoms with Gasteiger partial charge in [0.25, 0.3) is 5.56 Å². The van der Waals surface area contributed by atoms with Gasteiger partial charge in [-0.25, -0.2) is 4.98 Å². The van der Waals surface area contributed by atoms with E-state index >= 15 is 0 Å². The second-order valence-electron chi connectivity index (χ2n) is 7.01. The Kier molecular flexibility index (Phi) is 6.39. The molecule has 0 radical (unpaired) electrons. The predicted molar refractivity (Wildman–Crippen MR) is 111 cm³/mol. The lowest BCUT2D eigenvalue weighted by atomic mass is 10.1. The maximum atomic E-state index is 12.0. The Labute approximate surface area is 163 Å². The van der Waals surface area contributed by atoms with E-state index in [-0.39, 0.29) is 17.2 Å². The molecular weight excluding hydrogens is 354 g/mol. The first kappa shape index (κ1) is 19.6. The standard InChI is InChI=1S/C21H25N5O2/c1-26(2)18(11-16-8-9-22-19(27)12-16)14-23-21-24-17(13-20(28)25-21)10-15-6-4-3-5-7-15/h3-9,12-13,18H,10-11,14H2,1-2H3,(H,22,27)(H2,23,24,25,28)/t18-/m0/s1. The molecule has 7 heteroatoms. The molecule has 3 N–H and O–H groups in total. The molecule has 1 aromatic carbocycles. The van der Waals surface area contributed by atoms with Crippen molar-refractivity contribution in [2.75, 3.05) is 26.0 Å². The molecule has 0 fully saturated rings. The molecule has 28 heavy (non-hydrogen) atoms. The molecule has 0 amide bonds. The minimum absolute atomic E-state index is 0.109. The van der Waals surface area contributed by atoms with Gasteiger partial charge in [-0.05, 0) is 37.7 Å². The van der Waals surface area contributed by atoms with E-state index in [0.717, 1.165) is 11.1 Å². The number of nitrogens with one attached hydrogen (secondary N) is 3. The summed E-state index contributed by atoms with van der Waals surface area (Å²) in [6.45, 7) is 0.581. The summed E-state index contributed by atoms with van der Waals surface area (Å²) in [5.74, 6) is 0.455. The van der Waals surface area contributed by atoms with E-state index in [2.05, 4.69) is 25.2 Å². The van der Waals surface area contributed by atoms with Crippen molar-refractivity contribution in [1.82, 2.24) is 19.9 Å². The Morgan fingerprint density at radius 3 is 2.54 bits per heavy atom. The zero-order valence-electron chi connectivity index (χ0n) is 16.1. The van der Waals surface area contributed by atoms with Crippen LogP contribution in [0.1, 0.15) is 16.8 Å². The third kappa shape index (κ3) is 5.65. The van der Waals surface area contributed by atoms with E-state index in [9.17, 15) is 9.59 Å². The van der Waals surface area contributed by atoms with Crippen molar-refractivity contribution in [2.45, 2.75) is 18.9 Å². The number of anilines is 1. The lowest BCUT2D eigenvalue weighted by Crippen LogP contribution is -2.37. The molecule has 3 aromatic rings. The molecule has 0 aliphatic rings. The second kappa shape index (κ2) is 9.14. The van der Waals surface area contributed by atoms with Gasteiger partial charge in [0.1, 0.15) is 0 Å². The highest BCUT2D eigenvalue weighted by atomic mass is 16.1. The van der Waals surface area contributed by atoms with Gasteiger partial charge in [0.15, 0.2) is 0 Å². The van der Waals surface area contributed by atoms with Crippen molar-refractivity contribution in [1.29, 1.82) is 0 Å².